The summed E-state index contributed by atoms with van der Waals surface area (Å²) in [5.41, 5.74) is 2.18. The number of rotatable bonds is 4. The lowest BCUT2D eigenvalue weighted by atomic mass is 9.97. The van der Waals surface area contributed by atoms with Crippen molar-refractivity contribution in [3.05, 3.63) is 48.0 Å². The normalized spacial score (nSPS) is 17.7. The number of aromatic nitrogens is 3. The number of anilines is 1. The van der Waals surface area contributed by atoms with E-state index < -0.39 is 0 Å². The number of benzene rings is 1. The van der Waals surface area contributed by atoms with Crippen molar-refractivity contribution in [2.24, 2.45) is 0 Å². The summed E-state index contributed by atoms with van der Waals surface area (Å²) in [6, 6.07) is 8.32. The molecule has 0 aliphatic carbocycles. The van der Waals surface area contributed by atoms with Gasteiger partial charge in [-0.2, -0.15) is 0 Å². The third-order valence-corrected chi connectivity index (χ3v) is 5.41. The molecule has 0 amide bonds. The molecule has 0 radical (unpaired) electrons. The molecule has 0 bridgehead atoms. The van der Waals surface area contributed by atoms with Gasteiger partial charge in [0.15, 0.2) is 0 Å². The molecule has 5 heteroatoms. The minimum Gasteiger partial charge on any atom is -0.494 e. The van der Waals surface area contributed by atoms with E-state index in [0.717, 1.165) is 48.5 Å². The van der Waals surface area contributed by atoms with Gasteiger partial charge < -0.3 is 14.2 Å². The Bertz CT molecular complexity index is 918. The Morgan fingerprint density at radius 2 is 2.19 bits per heavy atom. The summed E-state index contributed by atoms with van der Waals surface area (Å²) in [6.45, 7) is 7.29. The van der Waals surface area contributed by atoms with Gasteiger partial charge in [0, 0.05) is 43.3 Å². The largest absolute Gasteiger partial charge is 0.494 e. The highest BCUT2D eigenvalue weighted by Crippen LogP contribution is 2.32. The van der Waals surface area contributed by atoms with E-state index in [1.807, 2.05) is 18.3 Å². The van der Waals surface area contributed by atoms with Crippen molar-refractivity contribution < 1.29 is 4.74 Å². The van der Waals surface area contributed by atoms with Crippen LogP contribution in [-0.4, -0.2) is 34.7 Å². The van der Waals surface area contributed by atoms with Crippen LogP contribution in [0.15, 0.2) is 36.7 Å². The van der Waals surface area contributed by atoms with Crippen molar-refractivity contribution in [2.75, 3.05) is 25.1 Å². The molecule has 0 unspecified atom stereocenters. The van der Waals surface area contributed by atoms with Gasteiger partial charge in [0.2, 0.25) is 0 Å². The van der Waals surface area contributed by atoms with Crippen molar-refractivity contribution >= 4 is 16.7 Å². The molecule has 0 N–H and O–H groups in total. The number of fused-ring (bicyclic) bond motifs is 1. The van der Waals surface area contributed by atoms with Crippen LogP contribution >= 0.6 is 0 Å². The maximum atomic E-state index is 5.54. The van der Waals surface area contributed by atoms with Gasteiger partial charge in [-0.3, -0.25) is 0 Å². The highest BCUT2D eigenvalue weighted by molar-refractivity contribution is 5.88. The monoisotopic (exact) mass is 350 g/mol. The zero-order valence-electron chi connectivity index (χ0n) is 15.8. The molecule has 3 heterocycles. The molecule has 1 atom stereocenters. The lowest BCUT2D eigenvalue weighted by molar-refractivity contribution is 0.418. The average molecular weight is 350 g/mol. The number of hydrogen-bond donors (Lipinski definition) is 0. The number of imidazole rings is 1. The number of aryl methyl sites for hydroxylation is 2. The maximum absolute atomic E-state index is 5.54. The SMILES string of the molecule is CCn1ccnc1[C@@H]1CCCN(c2cc(C)c3cccc(OC)c3n2)C1. The van der Waals surface area contributed by atoms with E-state index in [-0.39, 0.29) is 0 Å². The molecular formula is C21H26N4O. The molecular weight excluding hydrogens is 324 g/mol. The van der Waals surface area contributed by atoms with Gasteiger partial charge in [-0.15, -0.1) is 0 Å². The Labute approximate surface area is 154 Å². The molecule has 0 spiro atoms. The van der Waals surface area contributed by atoms with Crippen LogP contribution in [0.1, 0.15) is 37.1 Å². The van der Waals surface area contributed by atoms with E-state index in [2.05, 4.69) is 46.6 Å². The molecule has 1 aliphatic rings. The Kier molecular flexibility index (Phi) is 4.53. The summed E-state index contributed by atoms with van der Waals surface area (Å²) in [4.78, 5) is 12.0. The van der Waals surface area contributed by atoms with Crippen LogP contribution in [0.3, 0.4) is 0 Å². The fraction of sp³-hybridized carbons (Fsp3) is 0.429. The molecule has 136 valence electrons. The number of ether oxygens (including phenoxy) is 1. The first-order valence-corrected chi connectivity index (χ1v) is 9.41. The first-order valence-electron chi connectivity index (χ1n) is 9.41. The summed E-state index contributed by atoms with van der Waals surface area (Å²) < 4.78 is 7.80. The average Bonchev–Trinajstić information content (AvgIpc) is 3.16. The van der Waals surface area contributed by atoms with Crippen LogP contribution in [-0.2, 0) is 6.54 Å². The Balaban J connectivity index is 1.68. The summed E-state index contributed by atoms with van der Waals surface area (Å²) in [5.74, 6) is 3.53. The number of piperidine rings is 1. The van der Waals surface area contributed by atoms with Gasteiger partial charge in [0.25, 0.3) is 0 Å². The fourth-order valence-electron chi connectivity index (χ4n) is 4.04. The Morgan fingerprint density at radius 1 is 1.31 bits per heavy atom. The van der Waals surface area contributed by atoms with E-state index in [9.17, 15) is 0 Å². The van der Waals surface area contributed by atoms with Gasteiger partial charge in [0.1, 0.15) is 22.9 Å². The van der Waals surface area contributed by atoms with E-state index >= 15 is 0 Å². The zero-order valence-corrected chi connectivity index (χ0v) is 15.8. The van der Waals surface area contributed by atoms with E-state index in [0.29, 0.717) is 5.92 Å². The minimum absolute atomic E-state index is 0.453. The zero-order chi connectivity index (χ0) is 18.1. The second kappa shape index (κ2) is 6.98. The molecule has 1 aromatic carbocycles. The van der Waals surface area contributed by atoms with Gasteiger partial charge in [0.05, 0.1) is 7.11 Å². The minimum atomic E-state index is 0.453. The second-order valence-electron chi connectivity index (χ2n) is 7.01. The summed E-state index contributed by atoms with van der Waals surface area (Å²) >= 11 is 0. The predicted molar refractivity (Wildman–Crippen MR) is 105 cm³/mol. The molecule has 5 nitrogen and oxygen atoms in total. The van der Waals surface area contributed by atoms with Crippen LogP contribution in [0.25, 0.3) is 10.9 Å². The summed E-state index contributed by atoms with van der Waals surface area (Å²) in [5, 5.41) is 1.16. The fourth-order valence-corrected chi connectivity index (χ4v) is 4.04. The van der Waals surface area contributed by atoms with E-state index in [1.165, 1.54) is 17.8 Å². The Morgan fingerprint density at radius 3 is 3.00 bits per heavy atom. The number of hydrogen-bond acceptors (Lipinski definition) is 4. The standard InChI is InChI=1S/C21H26N4O/c1-4-24-12-10-22-21(24)16-7-6-11-25(14-16)19-13-15(2)17-8-5-9-18(26-3)20(17)23-19/h5,8-10,12-13,16H,4,6-7,11,14H2,1-3H3/t16-/m1/s1. The van der Waals surface area contributed by atoms with Gasteiger partial charge in [-0.25, -0.2) is 9.97 Å². The van der Waals surface area contributed by atoms with Crippen LogP contribution in [0.2, 0.25) is 0 Å². The quantitative estimate of drug-likeness (QED) is 0.709. The predicted octanol–water partition coefficient (Wildman–Crippen LogP) is 4.15. The molecule has 3 aromatic rings. The van der Waals surface area contributed by atoms with Gasteiger partial charge in [-0.1, -0.05) is 12.1 Å². The molecule has 1 fully saturated rings. The van der Waals surface area contributed by atoms with Crippen LogP contribution in [0.4, 0.5) is 5.82 Å². The van der Waals surface area contributed by atoms with Crippen molar-refractivity contribution in [1.82, 2.24) is 14.5 Å². The molecule has 4 rings (SSSR count). The second-order valence-corrected chi connectivity index (χ2v) is 7.01. The highest BCUT2D eigenvalue weighted by Gasteiger charge is 2.25. The van der Waals surface area contributed by atoms with Crippen molar-refractivity contribution in [2.45, 2.75) is 39.2 Å². The van der Waals surface area contributed by atoms with Crippen LogP contribution < -0.4 is 9.64 Å². The van der Waals surface area contributed by atoms with Crippen LogP contribution in [0.5, 0.6) is 5.75 Å². The molecule has 0 saturated carbocycles. The summed E-state index contributed by atoms with van der Waals surface area (Å²) in [6.07, 6.45) is 6.34. The summed E-state index contributed by atoms with van der Waals surface area (Å²) in [7, 11) is 1.71. The first-order chi connectivity index (χ1) is 12.7. The van der Waals surface area contributed by atoms with Crippen molar-refractivity contribution in [1.29, 1.82) is 0 Å². The van der Waals surface area contributed by atoms with Gasteiger partial charge >= 0.3 is 0 Å². The third kappa shape index (κ3) is 2.91. The number of pyridine rings is 1. The van der Waals surface area contributed by atoms with E-state index in [1.54, 1.807) is 7.11 Å². The molecule has 1 saturated heterocycles. The first kappa shape index (κ1) is 16.9. The topological polar surface area (TPSA) is 43.2 Å². The number of methoxy groups -OCH3 is 1. The maximum Gasteiger partial charge on any atom is 0.145 e. The highest BCUT2D eigenvalue weighted by atomic mass is 16.5. The number of para-hydroxylation sites is 1. The lowest BCUT2D eigenvalue weighted by Gasteiger charge is -2.34. The van der Waals surface area contributed by atoms with E-state index in [4.69, 9.17) is 9.72 Å². The van der Waals surface area contributed by atoms with Crippen LogP contribution in [0, 0.1) is 6.92 Å². The van der Waals surface area contributed by atoms with Crippen molar-refractivity contribution in [3.63, 3.8) is 0 Å². The third-order valence-electron chi connectivity index (χ3n) is 5.41. The lowest BCUT2D eigenvalue weighted by Crippen LogP contribution is -2.36. The molecule has 1 aliphatic heterocycles. The van der Waals surface area contributed by atoms with Crippen molar-refractivity contribution in [3.8, 4) is 5.75 Å². The smallest absolute Gasteiger partial charge is 0.145 e. The molecule has 26 heavy (non-hydrogen) atoms. The van der Waals surface area contributed by atoms with Gasteiger partial charge in [-0.05, 0) is 44.4 Å². The molecule has 2 aromatic heterocycles. The Hall–Kier alpha value is -2.56. The number of nitrogens with zero attached hydrogens (tertiary/aromatic N) is 4.